The summed E-state index contributed by atoms with van der Waals surface area (Å²) >= 11 is 4.02. The molecule has 0 aromatic heterocycles. The van der Waals surface area contributed by atoms with E-state index in [1.54, 1.807) is 13.8 Å². The largest absolute Gasteiger partial charge is 0.480 e. The summed E-state index contributed by atoms with van der Waals surface area (Å²) < 4.78 is 0. The Morgan fingerprint density at radius 1 is 0.909 bits per heavy atom. The number of hydrogen-bond donors (Lipinski definition) is 9. The summed E-state index contributed by atoms with van der Waals surface area (Å²) in [5, 5.41) is 16.3. The number of thiol groups is 1. The molecular weight excluding hydrogens is 456 g/mol. The van der Waals surface area contributed by atoms with Gasteiger partial charge in [-0.15, -0.1) is 0 Å². The molecule has 0 aliphatic rings. The molecule has 0 saturated heterocycles. The van der Waals surface area contributed by atoms with Crippen LogP contribution in [0.15, 0.2) is 4.99 Å². The van der Waals surface area contributed by atoms with E-state index in [1.165, 1.54) is 0 Å². The highest BCUT2D eigenvalue weighted by atomic mass is 32.1. The Balaban J connectivity index is 5.27. The predicted molar refractivity (Wildman–Crippen MR) is 124 cm³/mol. The van der Waals surface area contributed by atoms with E-state index in [1.807, 2.05) is 0 Å². The lowest BCUT2D eigenvalue weighted by Crippen LogP contribution is -2.58. The monoisotopic (exact) mass is 490 g/mol. The van der Waals surface area contributed by atoms with E-state index in [4.69, 9.17) is 22.9 Å². The van der Waals surface area contributed by atoms with Crippen LogP contribution in [-0.2, 0) is 24.0 Å². The summed E-state index contributed by atoms with van der Waals surface area (Å²) in [6.45, 7) is 3.60. The van der Waals surface area contributed by atoms with Gasteiger partial charge in [-0.1, -0.05) is 13.8 Å². The molecule has 0 rings (SSSR count). The number of amides is 4. The summed E-state index contributed by atoms with van der Waals surface area (Å²) in [7, 11) is 0. The number of aliphatic imine (C=N–C) groups is 1. The normalized spacial score (nSPS) is 14.3. The number of carboxylic acid groups (broad SMARTS) is 1. The Bertz CT molecular complexity index is 743. The zero-order valence-electron chi connectivity index (χ0n) is 18.6. The van der Waals surface area contributed by atoms with Crippen LogP contribution in [0.1, 0.15) is 33.1 Å². The van der Waals surface area contributed by atoms with Crippen molar-refractivity contribution in [2.75, 3.05) is 12.3 Å². The SMILES string of the molecule is CC(C)C(N)C(=O)NC(CS)C(=O)NC(CC(N)=O)C(=O)NC(CCCN=C(N)N)C(=O)O. The molecule has 0 saturated carbocycles. The number of carbonyl (C=O) groups excluding carboxylic acids is 4. The first-order valence-electron chi connectivity index (χ1n) is 10.1. The lowest BCUT2D eigenvalue weighted by molar-refractivity contribution is -0.142. The fraction of sp³-hybridized carbons (Fsp3) is 0.667. The van der Waals surface area contributed by atoms with E-state index in [-0.39, 0.29) is 37.0 Å². The maximum Gasteiger partial charge on any atom is 0.326 e. The van der Waals surface area contributed by atoms with Crippen LogP contribution < -0.4 is 38.9 Å². The summed E-state index contributed by atoms with van der Waals surface area (Å²) in [4.78, 5) is 64.0. The average molecular weight is 491 g/mol. The summed E-state index contributed by atoms with van der Waals surface area (Å²) in [5.41, 5.74) is 21.3. The number of nitrogens with zero attached hydrogens (tertiary/aromatic N) is 1. The molecule has 0 heterocycles. The molecule has 188 valence electrons. The average Bonchev–Trinajstić information content (AvgIpc) is 2.71. The first kappa shape index (κ1) is 29.9. The van der Waals surface area contributed by atoms with Crippen molar-refractivity contribution in [3.05, 3.63) is 0 Å². The fourth-order valence-corrected chi connectivity index (χ4v) is 2.74. The molecule has 4 atom stereocenters. The van der Waals surface area contributed by atoms with Gasteiger partial charge in [-0.2, -0.15) is 12.6 Å². The third-order valence-corrected chi connectivity index (χ3v) is 4.80. The van der Waals surface area contributed by atoms with Crippen molar-refractivity contribution >= 4 is 48.2 Å². The standard InChI is InChI=1S/C18H34N8O6S/c1-8(2)13(20)16(30)26-11(7-33)15(29)25-10(6-12(19)27)14(28)24-9(17(31)32)4-3-5-23-18(21)22/h8-11,13,33H,3-7,20H2,1-2H3,(H2,19,27)(H,24,28)(H,25,29)(H,26,30)(H,31,32)(H4,21,22,23). The highest BCUT2D eigenvalue weighted by molar-refractivity contribution is 7.80. The molecule has 0 radical (unpaired) electrons. The van der Waals surface area contributed by atoms with Crippen molar-refractivity contribution in [1.82, 2.24) is 16.0 Å². The van der Waals surface area contributed by atoms with Crippen LogP contribution in [0.4, 0.5) is 0 Å². The molecule has 12 N–H and O–H groups in total. The second-order valence-corrected chi connectivity index (χ2v) is 7.96. The summed E-state index contributed by atoms with van der Waals surface area (Å²) in [6.07, 6.45) is -0.375. The van der Waals surface area contributed by atoms with Crippen LogP contribution in [0.25, 0.3) is 0 Å². The van der Waals surface area contributed by atoms with Crippen molar-refractivity contribution in [3.63, 3.8) is 0 Å². The lowest BCUT2D eigenvalue weighted by Gasteiger charge is -2.24. The van der Waals surface area contributed by atoms with Gasteiger partial charge in [0.05, 0.1) is 12.5 Å². The Labute approximate surface area is 197 Å². The van der Waals surface area contributed by atoms with Crippen molar-refractivity contribution in [2.45, 2.75) is 57.3 Å². The molecule has 0 aromatic carbocycles. The van der Waals surface area contributed by atoms with Gasteiger partial charge in [0.15, 0.2) is 5.96 Å². The van der Waals surface area contributed by atoms with E-state index < -0.39 is 60.2 Å². The number of primary amides is 1. The van der Waals surface area contributed by atoms with Crippen LogP contribution in [0.2, 0.25) is 0 Å². The number of carboxylic acids is 1. The molecular formula is C18H34N8O6S. The lowest BCUT2D eigenvalue weighted by atomic mass is 10.0. The van der Waals surface area contributed by atoms with E-state index >= 15 is 0 Å². The topological polar surface area (TPSA) is 258 Å². The number of carbonyl (C=O) groups is 5. The van der Waals surface area contributed by atoms with Crippen LogP contribution in [0.5, 0.6) is 0 Å². The number of nitrogens with one attached hydrogen (secondary N) is 3. The van der Waals surface area contributed by atoms with Gasteiger partial charge in [0, 0.05) is 12.3 Å². The van der Waals surface area contributed by atoms with Gasteiger partial charge >= 0.3 is 5.97 Å². The fourth-order valence-electron chi connectivity index (χ4n) is 2.48. The minimum Gasteiger partial charge on any atom is -0.480 e. The Hall–Kier alpha value is -3.07. The second-order valence-electron chi connectivity index (χ2n) is 7.59. The predicted octanol–water partition coefficient (Wildman–Crippen LogP) is -3.63. The van der Waals surface area contributed by atoms with Gasteiger partial charge in [-0.05, 0) is 18.8 Å². The molecule has 33 heavy (non-hydrogen) atoms. The third kappa shape index (κ3) is 11.9. The number of hydrogen-bond acceptors (Lipinski definition) is 8. The highest BCUT2D eigenvalue weighted by Gasteiger charge is 2.31. The maximum absolute atomic E-state index is 12.6. The minimum atomic E-state index is -1.48. The van der Waals surface area contributed by atoms with Crippen molar-refractivity contribution in [1.29, 1.82) is 0 Å². The number of rotatable bonds is 15. The third-order valence-electron chi connectivity index (χ3n) is 4.43. The molecule has 4 amide bonds. The maximum atomic E-state index is 12.6. The first-order valence-corrected chi connectivity index (χ1v) is 10.8. The van der Waals surface area contributed by atoms with Crippen molar-refractivity contribution in [2.24, 2.45) is 33.8 Å². The molecule has 0 aliphatic heterocycles. The van der Waals surface area contributed by atoms with Gasteiger partial charge < -0.3 is 44.0 Å². The molecule has 15 heteroatoms. The molecule has 0 bridgehead atoms. The quantitative estimate of drug-likeness (QED) is 0.0474. The Morgan fingerprint density at radius 2 is 1.42 bits per heavy atom. The Morgan fingerprint density at radius 3 is 1.88 bits per heavy atom. The van der Waals surface area contributed by atoms with Crippen LogP contribution >= 0.6 is 12.6 Å². The summed E-state index contributed by atoms with van der Waals surface area (Å²) in [6, 6.07) is -4.85. The molecule has 4 unspecified atom stereocenters. The molecule has 0 spiro atoms. The summed E-state index contributed by atoms with van der Waals surface area (Å²) in [5.74, 6) is -5.09. The number of nitrogens with two attached hydrogens (primary N) is 4. The molecule has 0 aromatic rings. The molecule has 14 nitrogen and oxygen atoms in total. The zero-order chi connectivity index (χ0) is 25.7. The smallest absolute Gasteiger partial charge is 0.326 e. The van der Waals surface area contributed by atoms with Gasteiger partial charge in [-0.3, -0.25) is 24.2 Å². The number of aliphatic carboxylic acids is 1. The van der Waals surface area contributed by atoms with E-state index in [2.05, 4.69) is 33.6 Å². The van der Waals surface area contributed by atoms with Gasteiger partial charge in [0.2, 0.25) is 23.6 Å². The molecule has 0 aliphatic carbocycles. The highest BCUT2D eigenvalue weighted by Crippen LogP contribution is 2.03. The first-order chi connectivity index (χ1) is 15.3. The second kappa shape index (κ2) is 14.9. The van der Waals surface area contributed by atoms with E-state index in [0.717, 1.165) is 0 Å². The van der Waals surface area contributed by atoms with E-state index in [9.17, 15) is 29.1 Å². The van der Waals surface area contributed by atoms with Crippen LogP contribution in [0.3, 0.4) is 0 Å². The number of guanidine groups is 1. The minimum absolute atomic E-state index is 0.0164. The van der Waals surface area contributed by atoms with Crippen LogP contribution in [-0.4, -0.2) is 77.1 Å². The van der Waals surface area contributed by atoms with E-state index in [0.29, 0.717) is 0 Å². The Kier molecular flexibility index (Phi) is 13.5. The van der Waals surface area contributed by atoms with Gasteiger partial charge in [-0.25, -0.2) is 4.79 Å². The van der Waals surface area contributed by atoms with Gasteiger partial charge in [0.1, 0.15) is 18.1 Å². The van der Waals surface area contributed by atoms with Crippen molar-refractivity contribution in [3.8, 4) is 0 Å². The van der Waals surface area contributed by atoms with Crippen LogP contribution in [0, 0.1) is 5.92 Å². The molecule has 0 fully saturated rings. The van der Waals surface area contributed by atoms with Gasteiger partial charge in [0.25, 0.3) is 0 Å². The van der Waals surface area contributed by atoms with Crippen molar-refractivity contribution < 1.29 is 29.1 Å². The zero-order valence-corrected chi connectivity index (χ0v) is 19.5.